The lowest BCUT2D eigenvalue weighted by Crippen LogP contribution is -2.32. The minimum Gasteiger partial charge on any atom is -0.399 e. The number of carbonyl (C=O) groups excluding carboxylic acids is 1. The van der Waals surface area contributed by atoms with Gasteiger partial charge in [-0.3, -0.25) is 4.79 Å². The topological polar surface area (TPSA) is 55.1 Å². The highest BCUT2D eigenvalue weighted by atomic mass is 35.5. The zero-order chi connectivity index (χ0) is 15.0. The third kappa shape index (κ3) is 8.61. The number of carbonyl (C=O) groups is 1. The lowest BCUT2D eigenvalue weighted by atomic mass is 10.0. The van der Waals surface area contributed by atoms with Crippen LogP contribution in [0.5, 0.6) is 0 Å². The Labute approximate surface area is 135 Å². The summed E-state index contributed by atoms with van der Waals surface area (Å²) >= 11 is 0. The van der Waals surface area contributed by atoms with Crippen molar-refractivity contribution in [3.8, 4) is 0 Å². The van der Waals surface area contributed by atoms with E-state index in [9.17, 15) is 4.79 Å². The Morgan fingerprint density at radius 3 is 2.48 bits per heavy atom. The van der Waals surface area contributed by atoms with Crippen molar-refractivity contribution >= 4 is 24.0 Å². The van der Waals surface area contributed by atoms with Crippen LogP contribution < -0.4 is 11.1 Å². The van der Waals surface area contributed by atoms with E-state index in [1.54, 1.807) is 0 Å². The largest absolute Gasteiger partial charge is 0.399 e. The van der Waals surface area contributed by atoms with Gasteiger partial charge in [0.2, 0.25) is 5.91 Å². The van der Waals surface area contributed by atoms with Gasteiger partial charge in [-0.2, -0.15) is 0 Å². The number of aryl methyl sites for hydroxylation is 1. The van der Waals surface area contributed by atoms with E-state index in [2.05, 4.69) is 26.1 Å². The number of amides is 1. The third-order valence-electron chi connectivity index (χ3n) is 3.50. The van der Waals surface area contributed by atoms with Crippen molar-refractivity contribution < 1.29 is 4.79 Å². The maximum absolute atomic E-state index is 11.9. The number of nitrogens with two attached hydrogens (primary N) is 1. The summed E-state index contributed by atoms with van der Waals surface area (Å²) in [5.74, 6) is 0.851. The zero-order valence-electron chi connectivity index (χ0n) is 13.4. The molecule has 1 aromatic rings. The zero-order valence-corrected chi connectivity index (χ0v) is 14.2. The Balaban J connectivity index is 0.00000400. The second-order valence-electron chi connectivity index (χ2n) is 5.99. The molecule has 120 valence electrons. The van der Waals surface area contributed by atoms with Gasteiger partial charge in [-0.1, -0.05) is 44.9 Å². The van der Waals surface area contributed by atoms with Crippen LogP contribution in [0.25, 0.3) is 0 Å². The summed E-state index contributed by atoms with van der Waals surface area (Å²) in [6, 6.07) is 7.99. The molecule has 0 aromatic heterocycles. The van der Waals surface area contributed by atoms with E-state index in [0.29, 0.717) is 12.8 Å². The van der Waals surface area contributed by atoms with Gasteiger partial charge in [0.25, 0.3) is 0 Å². The number of para-hydroxylation sites is 1. The second-order valence-corrected chi connectivity index (χ2v) is 5.99. The first kappa shape index (κ1) is 19.8. The van der Waals surface area contributed by atoms with E-state index in [4.69, 9.17) is 5.73 Å². The molecule has 21 heavy (non-hydrogen) atoms. The highest BCUT2D eigenvalue weighted by Crippen LogP contribution is 2.13. The molecule has 0 saturated heterocycles. The smallest absolute Gasteiger partial charge is 0.220 e. The van der Waals surface area contributed by atoms with E-state index in [1.165, 1.54) is 12.8 Å². The number of hydrogen-bond acceptors (Lipinski definition) is 2. The molecule has 0 fully saturated rings. The van der Waals surface area contributed by atoms with Gasteiger partial charge in [0.05, 0.1) is 0 Å². The Bertz CT molecular complexity index is 421. The monoisotopic (exact) mass is 312 g/mol. The minimum atomic E-state index is 0. The second kappa shape index (κ2) is 10.5. The molecule has 1 atom stereocenters. The van der Waals surface area contributed by atoms with Crippen molar-refractivity contribution in [3.63, 3.8) is 0 Å². The SMILES string of the molecule is CC(C)CCCC(C)NC(=O)CCc1ccccc1N.Cl. The van der Waals surface area contributed by atoms with Crippen molar-refractivity contribution in [2.45, 2.75) is 58.9 Å². The number of nitrogen functional groups attached to an aromatic ring is 1. The fourth-order valence-corrected chi connectivity index (χ4v) is 2.26. The fourth-order valence-electron chi connectivity index (χ4n) is 2.26. The predicted octanol–water partition coefficient (Wildman–Crippen LogP) is 3.95. The molecule has 0 saturated carbocycles. The number of nitrogens with one attached hydrogen (secondary N) is 1. The van der Waals surface area contributed by atoms with Crippen LogP contribution in [0.4, 0.5) is 5.69 Å². The van der Waals surface area contributed by atoms with Gasteiger partial charge in [-0.25, -0.2) is 0 Å². The van der Waals surface area contributed by atoms with Gasteiger partial charge in [-0.15, -0.1) is 12.4 Å². The van der Waals surface area contributed by atoms with E-state index in [-0.39, 0.29) is 24.4 Å². The molecule has 1 amide bonds. The normalized spacial score (nSPS) is 11.8. The summed E-state index contributed by atoms with van der Waals surface area (Å²) in [4.78, 5) is 11.9. The van der Waals surface area contributed by atoms with Crippen LogP contribution in [0.3, 0.4) is 0 Å². The van der Waals surface area contributed by atoms with Crippen molar-refractivity contribution in [3.05, 3.63) is 29.8 Å². The highest BCUT2D eigenvalue weighted by molar-refractivity contribution is 5.85. The summed E-state index contributed by atoms with van der Waals surface area (Å²) < 4.78 is 0. The van der Waals surface area contributed by atoms with Gasteiger partial charge in [0.15, 0.2) is 0 Å². The van der Waals surface area contributed by atoms with E-state index in [1.807, 2.05) is 24.3 Å². The van der Waals surface area contributed by atoms with Crippen LogP contribution in [-0.2, 0) is 11.2 Å². The molecule has 0 heterocycles. The number of rotatable bonds is 8. The standard InChI is InChI=1S/C17H28N2O.ClH/c1-13(2)7-6-8-14(3)19-17(20)12-11-15-9-4-5-10-16(15)18;/h4-5,9-10,13-14H,6-8,11-12,18H2,1-3H3,(H,19,20);1H. The van der Waals surface area contributed by atoms with Gasteiger partial charge in [-0.05, 0) is 37.3 Å². The molecular weight excluding hydrogens is 284 g/mol. The lowest BCUT2D eigenvalue weighted by molar-refractivity contribution is -0.121. The maximum Gasteiger partial charge on any atom is 0.220 e. The van der Waals surface area contributed by atoms with Crippen LogP contribution >= 0.6 is 12.4 Å². The van der Waals surface area contributed by atoms with E-state index in [0.717, 1.165) is 23.6 Å². The van der Waals surface area contributed by atoms with Gasteiger partial charge in [0.1, 0.15) is 0 Å². The quantitative estimate of drug-likeness (QED) is 0.714. The molecule has 0 radical (unpaired) electrons. The summed E-state index contributed by atoms with van der Waals surface area (Å²) in [6.07, 6.45) is 4.66. The number of benzene rings is 1. The molecule has 0 spiro atoms. The molecule has 3 nitrogen and oxygen atoms in total. The molecule has 0 bridgehead atoms. The Hall–Kier alpha value is -1.22. The molecule has 0 aliphatic rings. The van der Waals surface area contributed by atoms with Crippen LogP contribution in [0.1, 0.15) is 52.0 Å². The summed E-state index contributed by atoms with van der Waals surface area (Å²) in [7, 11) is 0. The Morgan fingerprint density at radius 2 is 1.86 bits per heavy atom. The third-order valence-corrected chi connectivity index (χ3v) is 3.50. The average molecular weight is 313 g/mol. The van der Waals surface area contributed by atoms with Crippen LogP contribution in [0.2, 0.25) is 0 Å². The summed E-state index contributed by atoms with van der Waals surface area (Å²) in [5, 5.41) is 3.06. The van der Waals surface area contributed by atoms with Crippen molar-refractivity contribution in [1.29, 1.82) is 0 Å². The first-order valence-electron chi connectivity index (χ1n) is 7.61. The van der Waals surface area contributed by atoms with E-state index >= 15 is 0 Å². The van der Waals surface area contributed by atoms with Gasteiger partial charge in [0, 0.05) is 18.2 Å². The molecule has 4 heteroatoms. The van der Waals surface area contributed by atoms with E-state index < -0.39 is 0 Å². The van der Waals surface area contributed by atoms with Crippen molar-refractivity contribution in [1.82, 2.24) is 5.32 Å². The van der Waals surface area contributed by atoms with Gasteiger partial charge < -0.3 is 11.1 Å². The maximum atomic E-state index is 11.9. The average Bonchev–Trinajstić information content (AvgIpc) is 2.37. The molecule has 1 rings (SSSR count). The van der Waals surface area contributed by atoms with Crippen molar-refractivity contribution in [2.24, 2.45) is 5.92 Å². The van der Waals surface area contributed by atoms with Crippen LogP contribution in [0, 0.1) is 5.92 Å². The fraction of sp³-hybridized carbons (Fsp3) is 0.588. The molecule has 1 aromatic carbocycles. The number of halogens is 1. The highest BCUT2D eigenvalue weighted by Gasteiger charge is 2.08. The molecule has 3 N–H and O–H groups in total. The lowest BCUT2D eigenvalue weighted by Gasteiger charge is -2.14. The number of anilines is 1. The summed E-state index contributed by atoms with van der Waals surface area (Å²) in [5.41, 5.74) is 7.69. The van der Waals surface area contributed by atoms with Gasteiger partial charge >= 0.3 is 0 Å². The molecular formula is C17H29ClN2O. The minimum absolute atomic E-state index is 0. The first-order valence-corrected chi connectivity index (χ1v) is 7.61. The summed E-state index contributed by atoms with van der Waals surface area (Å²) in [6.45, 7) is 6.54. The van der Waals surface area contributed by atoms with Crippen LogP contribution in [0.15, 0.2) is 24.3 Å². The van der Waals surface area contributed by atoms with Crippen molar-refractivity contribution in [2.75, 3.05) is 5.73 Å². The Kier molecular flexibility index (Phi) is 9.89. The Morgan fingerprint density at radius 1 is 1.19 bits per heavy atom. The molecule has 0 aliphatic carbocycles. The van der Waals surface area contributed by atoms with Crippen LogP contribution in [-0.4, -0.2) is 11.9 Å². The predicted molar refractivity (Wildman–Crippen MR) is 92.7 cm³/mol. The molecule has 0 aliphatic heterocycles. The number of hydrogen-bond donors (Lipinski definition) is 2. The first-order chi connectivity index (χ1) is 9.49. The molecule has 1 unspecified atom stereocenters.